The molecule has 0 aliphatic rings. The lowest BCUT2D eigenvalue weighted by Gasteiger charge is -2.02. The Hall–Kier alpha value is -0.100. The van der Waals surface area contributed by atoms with Gasteiger partial charge in [-0.25, -0.2) is 4.98 Å². The molecule has 1 aromatic heterocycles. The number of rotatable bonds is 6. The van der Waals surface area contributed by atoms with Crippen molar-refractivity contribution in [1.29, 1.82) is 0 Å². The zero-order valence-electron chi connectivity index (χ0n) is 7.04. The molecular weight excluding hydrogens is 265 g/mol. The number of aromatic nitrogens is 2. The number of aryl methyl sites for hydroxylation is 1. The van der Waals surface area contributed by atoms with Crippen molar-refractivity contribution in [2.24, 2.45) is 0 Å². The van der Waals surface area contributed by atoms with Crippen LogP contribution in [0, 0.1) is 0 Å². The zero-order valence-corrected chi connectivity index (χ0v) is 9.20. The van der Waals surface area contributed by atoms with Crippen LogP contribution in [-0.4, -0.2) is 27.1 Å². The Kier molecular flexibility index (Phi) is 5.34. The van der Waals surface area contributed by atoms with Gasteiger partial charge < -0.3 is 9.88 Å². The molecule has 0 amide bonds. The lowest BCUT2D eigenvalue weighted by molar-refractivity contribution is 0.594. The van der Waals surface area contributed by atoms with E-state index in [0.717, 1.165) is 19.6 Å². The van der Waals surface area contributed by atoms with Crippen molar-refractivity contribution in [2.75, 3.05) is 17.5 Å². The van der Waals surface area contributed by atoms with Crippen molar-refractivity contribution in [3.8, 4) is 0 Å². The lowest BCUT2D eigenvalue weighted by atomic mass is 10.4. The molecule has 0 atom stereocenters. The summed E-state index contributed by atoms with van der Waals surface area (Å²) in [6, 6.07) is 0. The summed E-state index contributed by atoms with van der Waals surface area (Å²) in [5.74, 6) is 0. The predicted octanol–water partition coefficient (Wildman–Crippen LogP) is 1.30. The fourth-order valence-corrected chi connectivity index (χ4v) is 1.38. The van der Waals surface area contributed by atoms with Gasteiger partial charge >= 0.3 is 0 Å². The first kappa shape index (κ1) is 9.98. The summed E-state index contributed by atoms with van der Waals surface area (Å²) >= 11 is 2.37. The molecule has 0 aliphatic heterocycles. The van der Waals surface area contributed by atoms with Gasteiger partial charge in [0.05, 0.1) is 6.33 Å². The van der Waals surface area contributed by atoms with Crippen LogP contribution >= 0.6 is 22.6 Å². The Morgan fingerprint density at radius 3 is 3.00 bits per heavy atom. The summed E-state index contributed by atoms with van der Waals surface area (Å²) < 4.78 is 3.29. The lowest BCUT2D eigenvalue weighted by Crippen LogP contribution is -2.18. The van der Waals surface area contributed by atoms with Crippen LogP contribution in [0.15, 0.2) is 18.7 Å². The smallest absolute Gasteiger partial charge is 0.0945 e. The number of hydrogen-bond acceptors (Lipinski definition) is 2. The van der Waals surface area contributed by atoms with E-state index in [2.05, 4.69) is 37.5 Å². The van der Waals surface area contributed by atoms with E-state index in [1.165, 1.54) is 10.8 Å². The highest BCUT2D eigenvalue weighted by Gasteiger charge is 1.89. The maximum absolute atomic E-state index is 3.98. The molecule has 0 saturated heterocycles. The molecule has 4 heteroatoms. The van der Waals surface area contributed by atoms with Crippen LogP contribution in [0.4, 0.5) is 0 Å². The second kappa shape index (κ2) is 6.42. The van der Waals surface area contributed by atoms with E-state index in [0.29, 0.717) is 0 Å². The number of halogens is 1. The molecule has 0 unspecified atom stereocenters. The molecular formula is C8H14IN3. The first-order valence-corrected chi connectivity index (χ1v) is 5.68. The SMILES string of the molecule is ICCNCCCn1ccnc1. The topological polar surface area (TPSA) is 29.9 Å². The van der Waals surface area contributed by atoms with Gasteiger partial charge in [0, 0.05) is 29.9 Å². The molecule has 1 rings (SSSR count). The van der Waals surface area contributed by atoms with Crippen LogP contribution in [0.25, 0.3) is 0 Å². The predicted molar refractivity (Wildman–Crippen MR) is 58.6 cm³/mol. The number of alkyl halides is 1. The minimum Gasteiger partial charge on any atom is -0.337 e. The van der Waals surface area contributed by atoms with Crippen molar-refractivity contribution in [1.82, 2.24) is 14.9 Å². The standard InChI is InChI=1S/C8H14IN3/c9-2-4-10-3-1-6-12-7-5-11-8-12/h5,7-8,10H,1-4,6H2. The summed E-state index contributed by atoms with van der Waals surface area (Å²) in [4.78, 5) is 3.98. The zero-order chi connectivity index (χ0) is 8.65. The highest BCUT2D eigenvalue weighted by Crippen LogP contribution is 1.88. The largest absolute Gasteiger partial charge is 0.337 e. The molecule has 0 bridgehead atoms. The molecule has 0 aliphatic carbocycles. The van der Waals surface area contributed by atoms with Gasteiger partial charge in [-0.2, -0.15) is 0 Å². The molecule has 68 valence electrons. The van der Waals surface area contributed by atoms with Crippen LogP contribution in [0.3, 0.4) is 0 Å². The van der Waals surface area contributed by atoms with Crippen molar-refractivity contribution in [3.05, 3.63) is 18.7 Å². The third-order valence-electron chi connectivity index (χ3n) is 1.60. The van der Waals surface area contributed by atoms with E-state index in [1.807, 2.05) is 18.7 Å². The molecule has 0 saturated carbocycles. The van der Waals surface area contributed by atoms with E-state index < -0.39 is 0 Å². The molecule has 0 aromatic carbocycles. The summed E-state index contributed by atoms with van der Waals surface area (Å²) in [6.07, 6.45) is 6.85. The number of nitrogens with one attached hydrogen (secondary N) is 1. The average Bonchev–Trinajstić information content (AvgIpc) is 2.57. The molecule has 12 heavy (non-hydrogen) atoms. The minimum absolute atomic E-state index is 1.06. The summed E-state index contributed by atoms with van der Waals surface area (Å²) in [5.41, 5.74) is 0. The van der Waals surface area contributed by atoms with Gasteiger partial charge in [-0.1, -0.05) is 22.6 Å². The van der Waals surface area contributed by atoms with Gasteiger partial charge in [-0.05, 0) is 13.0 Å². The van der Waals surface area contributed by atoms with Gasteiger partial charge in [0.1, 0.15) is 0 Å². The molecule has 3 nitrogen and oxygen atoms in total. The number of hydrogen-bond donors (Lipinski definition) is 1. The Morgan fingerprint density at radius 2 is 2.33 bits per heavy atom. The van der Waals surface area contributed by atoms with Crippen LogP contribution in [0.1, 0.15) is 6.42 Å². The van der Waals surface area contributed by atoms with Gasteiger partial charge in [0.25, 0.3) is 0 Å². The Bertz CT molecular complexity index is 186. The van der Waals surface area contributed by atoms with Crippen molar-refractivity contribution < 1.29 is 0 Å². The van der Waals surface area contributed by atoms with Crippen LogP contribution < -0.4 is 5.32 Å². The molecule has 1 heterocycles. The maximum Gasteiger partial charge on any atom is 0.0945 e. The van der Waals surface area contributed by atoms with Gasteiger partial charge in [0.2, 0.25) is 0 Å². The molecule has 1 aromatic rings. The fourth-order valence-electron chi connectivity index (χ4n) is 0.997. The van der Waals surface area contributed by atoms with Crippen LogP contribution in [0.2, 0.25) is 0 Å². The summed E-state index contributed by atoms with van der Waals surface area (Å²) in [6.45, 7) is 3.28. The second-order valence-corrected chi connectivity index (χ2v) is 3.67. The highest BCUT2D eigenvalue weighted by atomic mass is 127. The van der Waals surface area contributed by atoms with Crippen molar-refractivity contribution in [3.63, 3.8) is 0 Å². The number of nitrogens with zero attached hydrogens (tertiary/aromatic N) is 2. The fraction of sp³-hybridized carbons (Fsp3) is 0.625. The molecule has 1 N–H and O–H groups in total. The summed E-state index contributed by atoms with van der Waals surface area (Å²) in [5, 5.41) is 3.36. The van der Waals surface area contributed by atoms with Crippen LogP contribution in [-0.2, 0) is 6.54 Å². The second-order valence-electron chi connectivity index (χ2n) is 2.59. The normalized spacial score (nSPS) is 10.4. The third kappa shape index (κ3) is 4.06. The third-order valence-corrected chi connectivity index (χ3v) is 2.14. The summed E-state index contributed by atoms with van der Waals surface area (Å²) in [7, 11) is 0. The molecule has 0 fully saturated rings. The van der Waals surface area contributed by atoms with Gasteiger partial charge in [-0.15, -0.1) is 0 Å². The van der Waals surface area contributed by atoms with Gasteiger partial charge in [-0.3, -0.25) is 0 Å². The van der Waals surface area contributed by atoms with Gasteiger partial charge in [0.15, 0.2) is 0 Å². The first-order chi connectivity index (χ1) is 5.93. The molecule has 0 radical (unpaired) electrons. The van der Waals surface area contributed by atoms with Crippen molar-refractivity contribution in [2.45, 2.75) is 13.0 Å². The van der Waals surface area contributed by atoms with E-state index in [1.54, 1.807) is 0 Å². The van der Waals surface area contributed by atoms with E-state index >= 15 is 0 Å². The Balaban J connectivity index is 1.96. The Labute approximate surface area is 86.7 Å². The van der Waals surface area contributed by atoms with E-state index in [9.17, 15) is 0 Å². The number of imidazole rings is 1. The van der Waals surface area contributed by atoms with E-state index in [-0.39, 0.29) is 0 Å². The van der Waals surface area contributed by atoms with E-state index in [4.69, 9.17) is 0 Å². The minimum atomic E-state index is 1.06. The maximum atomic E-state index is 3.98. The Morgan fingerprint density at radius 1 is 1.42 bits per heavy atom. The monoisotopic (exact) mass is 279 g/mol. The molecule has 0 spiro atoms. The first-order valence-electron chi connectivity index (χ1n) is 4.16. The van der Waals surface area contributed by atoms with Crippen LogP contribution in [0.5, 0.6) is 0 Å². The quantitative estimate of drug-likeness (QED) is 0.483. The average molecular weight is 279 g/mol. The highest BCUT2D eigenvalue weighted by molar-refractivity contribution is 14.1. The van der Waals surface area contributed by atoms with Crippen molar-refractivity contribution >= 4 is 22.6 Å².